The van der Waals surface area contributed by atoms with Crippen LogP contribution in [0.2, 0.25) is 0 Å². The number of hydrogen-bond donors (Lipinski definition) is 1. The van der Waals surface area contributed by atoms with E-state index in [1.165, 1.54) is 18.7 Å². The van der Waals surface area contributed by atoms with Gasteiger partial charge in [0.1, 0.15) is 5.75 Å². The lowest BCUT2D eigenvalue weighted by atomic mass is 10.1. The molecular formula is C25H26N4O6S2. The number of amidine groups is 2. The molecule has 0 saturated heterocycles. The van der Waals surface area contributed by atoms with Gasteiger partial charge in [-0.15, -0.1) is 5.10 Å². The number of hydrogen-bond acceptors (Lipinski definition) is 9. The Labute approximate surface area is 219 Å². The lowest BCUT2D eigenvalue weighted by molar-refractivity contribution is -0.114. The molecule has 0 fully saturated rings. The highest BCUT2D eigenvalue weighted by Crippen LogP contribution is 2.32. The topological polar surface area (TPSA) is 131 Å². The van der Waals surface area contributed by atoms with Gasteiger partial charge >= 0.3 is 0 Å². The van der Waals surface area contributed by atoms with Crippen LogP contribution in [0.15, 0.2) is 58.1 Å². The maximum atomic E-state index is 12.6. The molecule has 1 amide bonds. The minimum atomic E-state index is -3.60. The Morgan fingerprint density at radius 3 is 2.49 bits per heavy atom. The molecule has 0 unspecified atom stereocenters. The Kier molecular flexibility index (Phi) is 7.98. The summed E-state index contributed by atoms with van der Waals surface area (Å²) >= 11 is 0.740. The van der Waals surface area contributed by atoms with Crippen molar-refractivity contribution in [3.05, 3.63) is 59.2 Å². The number of aryl methyl sites for hydroxylation is 1. The van der Waals surface area contributed by atoms with E-state index in [-0.39, 0.29) is 21.0 Å². The first-order valence-electron chi connectivity index (χ1n) is 11.4. The summed E-state index contributed by atoms with van der Waals surface area (Å²) in [5, 5.41) is 13.4. The molecule has 12 heteroatoms. The number of ether oxygens (including phenoxy) is 3. The minimum absolute atomic E-state index is 0.0253. The number of nitrogens with one attached hydrogen (secondary N) is 1. The predicted molar refractivity (Wildman–Crippen MR) is 144 cm³/mol. The first-order chi connectivity index (χ1) is 17.7. The number of hydrazone groups is 1. The number of nitrogens with zero attached hydrogens (tertiary/aromatic N) is 3. The summed E-state index contributed by atoms with van der Waals surface area (Å²) in [4.78, 5) is 16.5. The van der Waals surface area contributed by atoms with Gasteiger partial charge in [-0.3, -0.25) is 10.2 Å². The number of aliphatic imine (C=N–C) groups is 1. The van der Waals surface area contributed by atoms with Gasteiger partial charge in [0.15, 0.2) is 17.3 Å². The van der Waals surface area contributed by atoms with Gasteiger partial charge in [-0.1, -0.05) is 25.1 Å². The molecule has 0 radical (unpaired) electrons. The van der Waals surface area contributed by atoms with Gasteiger partial charge in [0.2, 0.25) is 19.4 Å². The average molecular weight is 543 g/mol. The molecule has 4 rings (SSSR count). The summed E-state index contributed by atoms with van der Waals surface area (Å²) in [6.07, 6.45) is 4.14. The lowest BCUT2D eigenvalue weighted by Gasteiger charge is -2.20. The van der Waals surface area contributed by atoms with Crippen molar-refractivity contribution in [3.8, 4) is 17.2 Å². The van der Waals surface area contributed by atoms with Crippen molar-refractivity contribution in [2.45, 2.75) is 19.8 Å². The number of carbonyl (C=O) groups excluding carboxylic acids is 1. The molecule has 2 aromatic carbocycles. The second kappa shape index (κ2) is 11.2. The molecule has 2 aliphatic heterocycles. The van der Waals surface area contributed by atoms with E-state index >= 15 is 0 Å². The fourth-order valence-electron chi connectivity index (χ4n) is 3.44. The fraction of sp³-hybridized carbons (Fsp3) is 0.280. The maximum Gasteiger partial charge on any atom is 0.283 e. The standard InChI is InChI=1S/C25H26N4O6S2/c1-4-16-6-9-18(10-7-16)34-12-5-13-35-20-11-8-17(15-21(20)33-2)14-19-22(26)29-24(27-23(19)30)36-25(28-29)37(3,31)32/h6-11,14-15,26H,4-5,12-13H2,1-3H3/b19-14+,26-22?. The van der Waals surface area contributed by atoms with Crippen LogP contribution in [0.5, 0.6) is 17.2 Å². The van der Waals surface area contributed by atoms with Crippen molar-refractivity contribution in [2.75, 3.05) is 26.6 Å². The monoisotopic (exact) mass is 542 g/mol. The third-order valence-corrected chi connectivity index (χ3v) is 7.98. The minimum Gasteiger partial charge on any atom is -0.493 e. The normalized spacial score (nSPS) is 16.4. The second-order valence-electron chi connectivity index (χ2n) is 8.12. The highest BCUT2D eigenvalue weighted by Gasteiger charge is 2.38. The van der Waals surface area contributed by atoms with Crippen LogP contribution in [-0.4, -0.2) is 61.3 Å². The van der Waals surface area contributed by atoms with E-state index in [0.717, 1.165) is 35.2 Å². The molecule has 2 aromatic rings. The van der Waals surface area contributed by atoms with Crippen molar-refractivity contribution in [1.29, 1.82) is 5.41 Å². The number of methoxy groups -OCH3 is 1. The Balaban J connectivity index is 1.39. The zero-order valence-electron chi connectivity index (χ0n) is 20.6. The van der Waals surface area contributed by atoms with Crippen LogP contribution >= 0.6 is 11.8 Å². The average Bonchev–Trinajstić information content (AvgIpc) is 3.32. The van der Waals surface area contributed by atoms with Crippen LogP contribution < -0.4 is 14.2 Å². The molecule has 0 aliphatic carbocycles. The molecule has 10 nitrogen and oxygen atoms in total. The molecule has 2 aliphatic rings. The fourth-order valence-corrected chi connectivity index (χ4v) is 5.12. The number of fused-ring (bicyclic) bond motifs is 1. The highest BCUT2D eigenvalue weighted by atomic mass is 32.3. The molecule has 0 saturated carbocycles. The largest absolute Gasteiger partial charge is 0.493 e. The van der Waals surface area contributed by atoms with E-state index < -0.39 is 15.7 Å². The van der Waals surface area contributed by atoms with Crippen LogP contribution in [0.1, 0.15) is 24.5 Å². The molecular weight excluding hydrogens is 516 g/mol. The third kappa shape index (κ3) is 6.20. The molecule has 194 valence electrons. The SMILES string of the molecule is CCc1ccc(OCCCOc2ccc(/C=C3\C(=N)N4N=C(S(C)(=O)=O)SC4=NC3=O)cc2OC)cc1. The summed E-state index contributed by atoms with van der Waals surface area (Å²) in [5.74, 6) is 0.887. The highest BCUT2D eigenvalue weighted by molar-refractivity contribution is 8.42. The number of sulfone groups is 1. The van der Waals surface area contributed by atoms with E-state index in [1.54, 1.807) is 18.2 Å². The second-order valence-corrected chi connectivity index (χ2v) is 11.3. The van der Waals surface area contributed by atoms with E-state index in [2.05, 4.69) is 17.0 Å². The maximum absolute atomic E-state index is 12.6. The van der Waals surface area contributed by atoms with Gasteiger partial charge < -0.3 is 14.2 Å². The van der Waals surface area contributed by atoms with Gasteiger partial charge in [0.25, 0.3) is 5.91 Å². The van der Waals surface area contributed by atoms with Gasteiger partial charge in [-0.25, -0.2) is 8.42 Å². The van der Waals surface area contributed by atoms with Crippen LogP contribution in [0.25, 0.3) is 6.08 Å². The predicted octanol–water partition coefficient (Wildman–Crippen LogP) is 3.73. The van der Waals surface area contributed by atoms with E-state index in [1.807, 2.05) is 24.3 Å². The van der Waals surface area contributed by atoms with Crippen LogP contribution in [-0.2, 0) is 21.1 Å². The smallest absolute Gasteiger partial charge is 0.283 e. The Morgan fingerprint density at radius 1 is 1.08 bits per heavy atom. The van der Waals surface area contributed by atoms with Crippen molar-refractivity contribution in [3.63, 3.8) is 0 Å². The Hall–Kier alpha value is -3.64. The lowest BCUT2D eigenvalue weighted by Crippen LogP contribution is -2.35. The third-order valence-electron chi connectivity index (χ3n) is 5.40. The Morgan fingerprint density at radius 2 is 1.81 bits per heavy atom. The number of benzene rings is 2. The van der Waals surface area contributed by atoms with Crippen LogP contribution in [0, 0.1) is 5.41 Å². The number of thioether (sulfide) groups is 1. The molecule has 1 N–H and O–H groups in total. The summed E-state index contributed by atoms with van der Waals surface area (Å²) in [6, 6.07) is 13.1. The van der Waals surface area contributed by atoms with Crippen molar-refractivity contribution < 1.29 is 27.4 Å². The van der Waals surface area contributed by atoms with Crippen molar-refractivity contribution in [1.82, 2.24) is 5.01 Å². The first-order valence-corrected chi connectivity index (χ1v) is 14.1. The van der Waals surface area contributed by atoms with Crippen molar-refractivity contribution in [2.24, 2.45) is 10.1 Å². The van der Waals surface area contributed by atoms with Gasteiger partial charge in [-0.2, -0.15) is 10.0 Å². The molecule has 2 heterocycles. The van der Waals surface area contributed by atoms with Crippen molar-refractivity contribution >= 4 is 49.0 Å². The zero-order valence-corrected chi connectivity index (χ0v) is 22.2. The number of amides is 1. The summed E-state index contributed by atoms with van der Waals surface area (Å²) in [6.45, 7) is 3.02. The molecule has 37 heavy (non-hydrogen) atoms. The van der Waals surface area contributed by atoms with Gasteiger partial charge in [0.05, 0.1) is 25.9 Å². The molecule has 0 aromatic heterocycles. The van der Waals surface area contributed by atoms with E-state index in [0.29, 0.717) is 36.7 Å². The van der Waals surface area contributed by atoms with Gasteiger partial charge in [0, 0.05) is 12.7 Å². The van der Waals surface area contributed by atoms with E-state index in [9.17, 15) is 13.2 Å². The number of carbonyl (C=O) groups is 1. The molecule has 0 atom stereocenters. The summed E-state index contributed by atoms with van der Waals surface area (Å²) < 4.78 is 40.4. The summed E-state index contributed by atoms with van der Waals surface area (Å²) in [5.41, 5.74) is 1.81. The van der Waals surface area contributed by atoms with E-state index in [4.69, 9.17) is 19.6 Å². The molecule has 0 bridgehead atoms. The van der Waals surface area contributed by atoms with Gasteiger partial charge in [-0.05, 0) is 59.7 Å². The number of rotatable bonds is 9. The first kappa shape index (κ1) is 26.4. The Bertz CT molecular complexity index is 1420. The summed E-state index contributed by atoms with van der Waals surface area (Å²) in [7, 11) is -2.09. The van der Waals surface area contributed by atoms with Crippen LogP contribution in [0.3, 0.4) is 0 Å². The zero-order chi connectivity index (χ0) is 26.6. The van der Waals surface area contributed by atoms with Crippen LogP contribution in [0.4, 0.5) is 0 Å². The molecule has 0 spiro atoms. The quantitative estimate of drug-likeness (QED) is 0.375.